The Balaban J connectivity index is 2.06. The molecule has 4 nitrogen and oxygen atoms in total. The molecule has 0 bridgehead atoms. The van der Waals surface area contributed by atoms with E-state index in [0.717, 1.165) is 13.1 Å². The Morgan fingerprint density at radius 2 is 2.19 bits per heavy atom. The van der Waals surface area contributed by atoms with Crippen molar-refractivity contribution in [2.24, 2.45) is 0 Å². The van der Waals surface area contributed by atoms with Gasteiger partial charge >= 0.3 is 0 Å². The first kappa shape index (κ1) is 11.7. The van der Waals surface area contributed by atoms with E-state index >= 15 is 0 Å². The molecule has 1 aliphatic heterocycles. The van der Waals surface area contributed by atoms with Gasteiger partial charge in [0.15, 0.2) is 5.15 Å². The van der Waals surface area contributed by atoms with E-state index in [1.165, 1.54) is 4.68 Å². The van der Waals surface area contributed by atoms with Crippen molar-refractivity contribution < 1.29 is 4.39 Å². The van der Waals surface area contributed by atoms with Gasteiger partial charge in [0.1, 0.15) is 11.5 Å². The lowest BCUT2D eigenvalue weighted by Gasteiger charge is -2.34. The molecule has 16 heavy (non-hydrogen) atoms. The van der Waals surface area contributed by atoms with Gasteiger partial charge in [-0.15, -0.1) is 0 Å². The zero-order valence-electron chi connectivity index (χ0n) is 9.29. The first-order chi connectivity index (χ1) is 7.48. The molecule has 0 aliphatic carbocycles. The van der Waals surface area contributed by atoms with Gasteiger partial charge in [0.2, 0.25) is 0 Å². The number of hydrogen-bond acceptors (Lipinski definition) is 3. The van der Waals surface area contributed by atoms with Crippen molar-refractivity contribution in [3.05, 3.63) is 11.2 Å². The maximum Gasteiger partial charge on any atom is 0.153 e. The van der Waals surface area contributed by atoms with Crippen LogP contribution in [-0.4, -0.2) is 40.5 Å². The van der Waals surface area contributed by atoms with E-state index < -0.39 is 5.67 Å². The Morgan fingerprint density at radius 1 is 1.56 bits per heavy atom. The fourth-order valence-electron chi connectivity index (χ4n) is 1.97. The number of piperidine rings is 1. The molecule has 1 aliphatic rings. The van der Waals surface area contributed by atoms with Crippen LogP contribution in [0.2, 0.25) is 5.15 Å². The molecular weight excluding hydrogens is 231 g/mol. The molecule has 1 aromatic rings. The molecule has 1 aromatic heterocycles. The molecule has 0 amide bonds. The minimum atomic E-state index is -1.21. The second-order valence-electron chi connectivity index (χ2n) is 4.50. The lowest BCUT2D eigenvalue weighted by Crippen LogP contribution is -2.42. The van der Waals surface area contributed by atoms with E-state index in [1.54, 1.807) is 6.07 Å². The average Bonchev–Trinajstić information content (AvgIpc) is 2.51. The van der Waals surface area contributed by atoms with E-state index in [-0.39, 0.29) is 6.54 Å². The number of anilines is 1. The Labute approximate surface area is 99.2 Å². The molecule has 6 heteroatoms. The van der Waals surface area contributed by atoms with Gasteiger partial charge in [-0.1, -0.05) is 11.6 Å². The number of rotatable bonds is 2. The van der Waals surface area contributed by atoms with Gasteiger partial charge in [0, 0.05) is 19.2 Å². The standard InChI is InChI=1S/C10H16ClFN4/c1-15-4-2-10(12,3-5-15)7-16-9(13)6-8(11)14-16/h6H,2-5,7,13H2,1H3. The topological polar surface area (TPSA) is 47.1 Å². The van der Waals surface area contributed by atoms with Crippen LogP contribution in [0.5, 0.6) is 0 Å². The molecule has 0 radical (unpaired) electrons. The maximum absolute atomic E-state index is 14.4. The highest BCUT2D eigenvalue weighted by molar-refractivity contribution is 6.29. The quantitative estimate of drug-likeness (QED) is 0.862. The molecule has 0 saturated carbocycles. The van der Waals surface area contributed by atoms with Crippen LogP contribution >= 0.6 is 11.6 Å². The zero-order chi connectivity index (χ0) is 11.8. The van der Waals surface area contributed by atoms with Crippen LogP contribution in [0.3, 0.4) is 0 Å². The summed E-state index contributed by atoms with van der Waals surface area (Å²) in [4.78, 5) is 2.12. The number of likely N-dealkylation sites (tertiary alicyclic amines) is 1. The van der Waals surface area contributed by atoms with Crippen LogP contribution in [0.25, 0.3) is 0 Å². The van der Waals surface area contributed by atoms with E-state index in [4.69, 9.17) is 17.3 Å². The fourth-order valence-corrected chi connectivity index (χ4v) is 2.17. The summed E-state index contributed by atoms with van der Waals surface area (Å²) in [5, 5.41) is 4.29. The first-order valence-electron chi connectivity index (χ1n) is 5.35. The van der Waals surface area contributed by atoms with Crippen molar-refractivity contribution in [3.8, 4) is 0 Å². The summed E-state index contributed by atoms with van der Waals surface area (Å²) in [7, 11) is 2.00. The summed E-state index contributed by atoms with van der Waals surface area (Å²) in [5.74, 6) is 0.418. The third-order valence-electron chi connectivity index (χ3n) is 3.10. The van der Waals surface area contributed by atoms with Crippen LogP contribution < -0.4 is 5.73 Å². The Kier molecular flexibility index (Phi) is 3.08. The minimum Gasteiger partial charge on any atom is -0.384 e. The second-order valence-corrected chi connectivity index (χ2v) is 4.89. The highest BCUT2D eigenvalue weighted by Gasteiger charge is 2.34. The largest absolute Gasteiger partial charge is 0.384 e. The summed E-state index contributed by atoms with van der Waals surface area (Å²) in [5.41, 5.74) is 4.47. The number of halogens is 2. The van der Waals surface area contributed by atoms with Crippen LogP contribution in [0.15, 0.2) is 6.07 Å². The number of nitrogens with zero attached hydrogens (tertiary/aromatic N) is 3. The maximum atomic E-state index is 14.4. The van der Waals surface area contributed by atoms with Crippen LogP contribution in [0, 0.1) is 0 Å². The van der Waals surface area contributed by atoms with Gasteiger partial charge in [0.05, 0.1) is 6.54 Å². The molecule has 1 fully saturated rings. The van der Waals surface area contributed by atoms with Crippen molar-refractivity contribution in [2.45, 2.75) is 25.1 Å². The second kappa shape index (κ2) is 4.22. The van der Waals surface area contributed by atoms with E-state index in [9.17, 15) is 4.39 Å². The highest BCUT2D eigenvalue weighted by atomic mass is 35.5. The summed E-state index contributed by atoms with van der Waals surface area (Å²) in [6.45, 7) is 1.73. The molecule has 2 rings (SSSR count). The third kappa shape index (κ3) is 2.47. The van der Waals surface area contributed by atoms with Gasteiger partial charge < -0.3 is 10.6 Å². The van der Waals surface area contributed by atoms with Crippen LogP contribution in [0.1, 0.15) is 12.8 Å². The number of aromatic nitrogens is 2. The average molecular weight is 247 g/mol. The molecule has 1 saturated heterocycles. The molecule has 0 aromatic carbocycles. The van der Waals surface area contributed by atoms with Crippen molar-refractivity contribution >= 4 is 17.4 Å². The van der Waals surface area contributed by atoms with E-state index in [0.29, 0.717) is 23.8 Å². The van der Waals surface area contributed by atoms with Crippen LogP contribution in [0.4, 0.5) is 10.2 Å². The van der Waals surface area contributed by atoms with Gasteiger partial charge in [-0.2, -0.15) is 5.10 Å². The fraction of sp³-hybridized carbons (Fsp3) is 0.700. The molecule has 0 unspecified atom stereocenters. The molecule has 0 atom stereocenters. The van der Waals surface area contributed by atoms with Crippen molar-refractivity contribution in [2.75, 3.05) is 25.9 Å². The van der Waals surface area contributed by atoms with Gasteiger partial charge in [-0.05, 0) is 19.9 Å². The van der Waals surface area contributed by atoms with Gasteiger partial charge in [-0.3, -0.25) is 0 Å². The molecule has 90 valence electrons. The van der Waals surface area contributed by atoms with E-state index in [2.05, 4.69) is 10.00 Å². The van der Waals surface area contributed by atoms with Crippen LogP contribution in [-0.2, 0) is 6.54 Å². The van der Waals surface area contributed by atoms with Crippen molar-refractivity contribution in [1.82, 2.24) is 14.7 Å². The number of hydrogen-bond donors (Lipinski definition) is 1. The molecule has 0 spiro atoms. The predicted octanol–water partition coefficient (Wildman–Crippen LogP) is 1.55. The van der Waals surface area contributed by atoms with Gasteiger partial charge in [0.25, 0.3) is 0 Å². The van der Waals surface area contributed by atoms with Crippen molar-refractivity contribution in [3.63, 3.8) is 0 Å². The van der Waals surface area contributed by atoms with Gasteiger partial charge in [-0.25, -0.2) is 9.07 Å². The predicted molar refractivity (Wildman–Crippen MR) is 62.2 cm³/mol. The Bertz CT molecular complexity index is 371. The summed E-state index contributed by atoms with van der Waals surface area (Å²) >= 11 is 5.71. The third-order valence-corrected chi connectivity index (χ3v) is 3.28. The monoisotopic (exact) mass is 246 g/mol. The lowest BCUT2D eigenvalue weighted by atomic mass is 9.93. The SMILES string of the molecule is CN1CCC(F)(Cn2nc(Cl)cc2N)CC1. The Morgan fingerprint density at radius 3 is 2.69 bits per heavy atom. The normalized spacial score (nSPS) is 21.2. The lowest BCUT2D eigenvalue weighted by molar-refractivity contribution is 0.0505. The van der Waals surface area contributed by atoms with E-state index in [1.807, 2.05) is 7.05 Å². The molecular formula is C10H16ClFN4. The smallest absolute Gasteiger partial charge is 0.153 e. The first-order valence-corrected chi connectivity index (χ1v) is 5.73. The Hall–Kier alpha value is -0.810. The number of nitrogens with two attached hydrogens (primary N) is 1. The summed E-state index contributed by atoms with van der Waals surface area (Å²) in [6.07, 6.45) is 1.03. The number of nitrogen functional groups attached to an aromatic ring is 1. The minimum absolute atomic E-state index is 0.194. The zero-order valence-corrected chi connectivity index (χ0v) is 10.0. The molecule has 2 N–H and O–H groups in total. The molecule has 2 heterocycles. The van der Waals surface area contributed by atoms with Crippen molar-refractivity contribution in [1.29, 1.82) is 0 Å². The highest BCUT2D eigenvalue weighted by Crippen LogP contribution is 2.29. The summed E-state index contributed by atoms with van der Waals surface area (Å²) < 4.78 is 15.9. The summed E-state index contributed by atoms with van der Waals surface area (Å²) in [6, 6.07) is 1.54. The number of alkyl halides is 1.